The number of aromatic nitrogens is 10. The number of nitrogens with zero attached hydrogens (tertiary/aromatic N) is 14. The van der Waals surface area contributed by atoms with Gasteiger partial charge in [0.15, 0.2) is 11.3 Å². The van der Waals surface area contributed by atoms with Crippen LogP contribution in [-0.2, 0) is 40.3 Å². The van der Waals surface area contributed by atoms with Crippen LogP contribution in [0, 0.1) is 18.3 Å². The minimum absolute atomic E-state index is 0.0103. The van der Waals surface area contributed by atoms with Crippen LogP contribution in [0.1, 0.15) is 60.1 Å². The second-order valence-corrected chi connectivity index (χ2v) is 27.2. The molecule has 13 heterocycles. The van der Waals surface area contributed by atoms with Gasteiger partial charge in [0.1, 0.15) is 69.6 Å². The van der Waals surface area contributed by atoms with Crippen LogP contribution in [0.4, 0.5) is 23.0 Å². The molecule has 6 aliphatic rings. The highest BCUT2D eigenvalue weighted by Crippen LogP contribution is 2.59. The van der Waals surface area contributed by atoms with Crippen molar-refractivity contribution in [1.82, 2.24) is 68.7 Å². The summed E-state index contributed by atoms with van der Waals surface area (Å²) in [5.74, 6) is 4.53. The number of morpholine rings is 1. The topological polar surface area (TPSA) is 211 Å². The normalized spacial score (nSPS) is 21.1. The Morgan fingerprint density at radius 1 is 0.670 bits per heavy atom. The summed E-state index contributed by atoms with van der Waals surface area (Å²) in [7, 11) is 0. The molecular weight excluding hydrogens is 1170 g/mol. The number of amides is 2. The van der Waals surface area contributed by atoms with E-state index in [0.29, 0.717) is 86.1 Å². The van der Waals surface area contributed by atoms with E-state index >= 15 is 0 Å². The third-order valence-electron chi connectivity index (χ3n) is 17.9. The Kier molecular flexibility index (Phi) is 14.2. The van der Waals surface area contributed by atoms with Gasteiger partial charge in [-0.1, -0.05) is 23.8 Å². The predicted molar refractivity (Wildman–Crippen MR) is 338 cm³/mol. The number of nitrogens with one attached hydrogen (secondary N) is 2. The highest BCUT2D eigenvalue weighted by Gasteiger charge is 2.62. The Labute approximate surface area is 519 Å². The Morgan fingerprint density at radius 2 is 1.23 bits per heavy atom. The zero-order valence-electron chi connectivity index (χ0n) is 49.0. The maximum atomic E-state index is 13.9. The molecule has 2 aromatic carbocycles. The number of carbonyl (C=O) groups is 2. The van der Waals surface area contributed by atoms with Gasteiger partial charge in [-0.3, -0.25) is 19.4 Å². The fourth-order valence-electron chi connectivity index (χ4n) is 14.0. The first-order valence-electron chi connectivity index (χ1n) is 29.6. The van der Waals surface area contributed by atoms with Crippen molar-refractivity contribution in [1.29, 1.82) is 0 Å². The smallest absolute Gasteiger partial charge is 0.246 e. The number of halogens is 1. The molecule has 2 amide bonds. The lowest BCUT2D eigenvalue weighted by Crippen LogP contribution is -2.72. The Hall–Kier alpha value is -8.45. The summed E-state index contributed by atoms with van der Waals surface area (Å²) in [6.45, 7) is 15.7. The van der Waals surface area contributed by atoms with Crippen LogP contribution < -0.4 is 20.1 Å². The van der Waals surface area contributed by atoms with Gasteiger partial charge < -0.3 is 34.6 Å². The summed E-state index contributed by atoms with van der Waals surface area (Å²) < 4.78 is 22.8. The van der Waals surface area contributed by atoms with E-state index in [1.165, 1.54) is 23.8 Å². The molecule has 3 saturated heterocycles. The van der Waals surface area contributed by atoms with E-state index in [4.69, 9.17) is 30.8 Å². The predicted octanol–water partition coefficient (Wildman–Crippen LogP) is 11.0. The molecule has 448 valence electrons. The molecule has 10 aromatic rings. The SMILES string of the molecule is Cc1cc(Nc2ncnc3sc4c(c23)CCN(C(=O)/C=C/CN2CC(C)(C)OC(C)(C35CC(CN(C/C=C/C(=O)N6CCc7c(sc8ncnc(Nc9ccc(Oc%10ccc%11ncnn%11c%10)c(Cl)c9)c78)C6)C3)C5)C2)C4)ccc1Oc1ccc2ncnn2c1. The molecule has 1 saturated carbocycles. The molecule has 4 fully saturated rings. The number of hydrogen-bond donors (Lipinski definition) is 2. The van der Waals surface area contributed by atoms with Crippen LogP contribution in [0.15, 0.2) is 123 Å². The standard InChI is InChI=1S/C64H63ClN16O5S2/c1-39-23-41(9-13-48(39)84-43-11-15-52-66-37-72-80(52)28-43)74-58-56-45-17-22-79(31-50(45)87-60(56)70-35-68-58)55(83)8-6-20-77-32-62(2,3)86-63(4,33-77)64-25-40(26-64)27-76(34-64)19-5-7-54(82)78-21-18-46-51(30-78)88-61-57(46)59(69-36-71-61)75-42-10-14-49(47(65)24-42)85-44-12-16-53-67-38-73-81(53)29-44/h5-16,23-24,28-29,35-38,40H,17-22,25-27,30-34H2,1-4H3,(H,68,70,74)(H,69,71,75)/b7-5+,8-6+. The largest absolute Gasteiger partial charge is 0.455 e. The Bertz CT molecular complexity index is 4460. The number of carbonyl (C=O) groups excluding carboxylic acids is 2. The minimum atomic E-state index is -0.396. The summed E-state index contributed by atoms with van der Waals surface area (Å²) >= 11 is 9.97. The van der Waals surface area contributed by atoms with Gasteiger partial charge >= 0.3 is 0 Å². The molecule has 88 heavy (non-hydrogen) atoms. The van der Waals surface area contributed by atoms with E-state index in [1.54, 1.807) is 62.7 Å². The Balaban J connectivity index is 0.543. The van der Waals surface area contributed by atoms with Gasteiger partial charge in [-0.2, -0.15) is 10.2 Å². The fourth-order valence-corrected chi connectivity index (χ4v) is 16.6. The molecule has 8 aromatic heterocycles. The number of piperidine rings is 2. The summed E-state index contributed by atoms with van der Waals surface area (Å²) in [5, 5.41) is 17.8. The van der Waals surface area contributed by atoms with Crippen molar-refractivity contribution < 1.29 is 23.8 Å². The number of hydrogen-bond acceptors (Lipinski definition) is 19. The molecule has 1 unspecified atom stereocenters. The van der Waals surface area contributed by atoms with Crippen LogP contribution in [0.5, 0.6) is 23.0 Å². The fraction of sp³-hybridized carbons (Fsp3) is 0.344. The number of ether oxygens (including phenoxy) is 3. The molecule has 24 heteroatoms. The van der Waals surface area contributed by atoms with E-state index in [-0.39, 0.29) is 22.8 Å². The van der Waals surface area contributed by atoms with Crippen molar-refractivity contribution in [3.63, 3.8) is 0 Å². The summed E-state index contributed by atoms with van der Waals surface area (Å²) in [6, 6.07) is 18.9. The van der Waals surface area contributed by atoms with Crippen molar-refractivity contribution in [2.45, 2.75) is 77.7 Å². The van der Waals surface area contributed by atoms with Gasteiger partial charge in [0, 0.05) is 91.1 Å². The van der Waals surface area contributed by atoms with E-state index < -0.39 is 5.60 Å². The first-order chi connectivity index (χ1) is 42.7. The van der Waals surface area contributed by atoms with E-state index in [9.17, 15) is 9.59 Å². The number of benzene rings is 2. The monoisotopic (exact) mass is 1230 g/mol. The molecular formula is C64H63ClN16O5S2. The highest BCUT2D eigenvalue weighted by atomic mass is 35.5. The first-order valence-corrected chi connectivity index (χ1v) is 31.6. The molecule has 16 rings (SSSR count). The average molecular weight is 1240 g/mol. The van der Waals surface area contributed by atoms with E-state index in [2.05, 4.69) is 76.3 Å². The lowest BCUT2D eigenvalue weighted by atomic mass is 9.51. The van der Waals surface area contributed by atoms with Crippen molar-refractivity contribution in [3.05, 3.63) is 154 Å². The van der Waals surface area contributed by atoms with E-state index in [1.807, 2.05) is 95.7 Å². The third kappa shape index (κ3) is 10.8. The number of aryl methyl sites for hydroxylation is 1. The second-order valence-electron chi connectivity index (χ2n) is 24.6. The number of thiophene rings is 2. The number of fused-ring (bicyclic) bond motifs is 10. The summed E-state index contributed by atoms with van der Waals surface area (Å²) in [4.78, 5) is 67.7. The van der Waals surface area contributed by atoms with Gasteiger partial charge in [0.2, 0.25) is 11.8 Å². The third-order valence-corrected chi connectivity index (χ3v) is 20.4. The molecule has 2 bridgehead atoms. The minimum Gasteiger partial charge on any atom is -0.455 e. The molecule has 0 radical (unpaired) electrons. The average Bonchev–Trinajstić information content (AvgIpc) is 1.18. The van der Waals surface area contributed by atoms with Gasteiger partial charge in [-0.25, -0.2) is 38.9 Å². The van der Waals surface area contributed by atoms with Crippen LogP contribution in [0.25, 0.3) is 31.7 Å². The highest BCUT2D eigenvalue weighted by molar-refractivity contribution is 7.19. The summed E-state index contributed by atoms with van der Waals surface area (Å²) in [5.41, 5.74) is 5.64. The number of rotatable bonds is 15. The van der Waals surface area contributed by atoms with Crippen LogP contribution in [0.3, 0.4) is 0 Å². The number of anilines is 4. The molecule has 1 atom stereocenters. The van der Waals surface area contributed by atoms with Crippen molar-refractivity contribution in [2.24, 2.45) is 11.3 Å². The quantitative estimate of drug-likeness (QED) is 0.0914. The maximum absolute atomic E-state index is 13.9. The van der Waals surface area contributed by atoms with Gasteiger partial charge in [0.25, 0.3) is 0 Å². The molecule has 21 nitrogen and oxygen atoms in total. The zero-order chi connectivity index (χ0) is 59.9. The Morgan fingerprint density at radius 3 is 1.81 bits per heavy atom. The lowest BCUT2D eigenvalue weighted by molar-refractivity contribution is -0.278. The number of pyridine rings is 2. The van der Waals surface area contributed by atoms with Gasteiger partial charge in [0.05, 0.1) is 52.5 Å². The van der Waals surface area contributed by atoms with Gasteiger partial charge in [-0.05, 0) is 137 Å². The summed E-state index contributed by atoms with van der Waals surface area (Å²) in [6.07, 6.45) is 21.0. The lowest BCUT2D eigenvalue weighted by Gasteiger charge is -2.66. The zero-order valence-corrected chi connectivity index (χ0v) is 51.4. The van der Waals surface area contributed by atoms with Crippen LogP contribution in [-0.4, -0.2) is 144 Å². The van der Waals surface area contributed by atoms with E-state index in [0.717, 1.165) is 109 Å². The van der Waals surface area contributed by atoms with Crippen LogP contribution in [0.2, 0.25) is 5.02 Å². The van der Waals surface area contributed by atoms with Crippen molar-refractivity contribution >= 4 is 101 Å². The van der Waals surface area contributed by atoms with Crippen molar-refractivity contribution in [2.75, 3.05) is 63.0 Å². The molecule has 2 N–H and O–H groups in total. The molecule has 5 aliphatic heterocycles. The van der Waals surface area contributed by atoms with Gasteiger partial charge in [-0.15, -0.1) is 22.7 Å². The second kappa shape index (κ2) is 22.3. The first kappa shape index (κ1) is 56.1. The van der Waals surface area contributed by atoms with Crippen LogP contribution >= 0.6 is 34.3 Å². The molecule has 1 aliphatic carbocycles. The molecule has 0 spiro atoms. The van der Waals surface area contributed by atoms with Crippen molar-refractivity contribution in [3.8, 4) is 23.0 Å². The maximum Gasteiger partial charge on any atom is 0.246 e.